The molecule has 148 valence electrons. The number of amides is 1. The van der Waals surface area contributed by atoms with E-state index in [2.05, 4.69) is 41.6 Å². The number of fused-ring (bicyclic) bond motifs is 1. The molecule has 4 rings (SSSR count). The number of ether oxygens (including phenoxy) is 1. The van der Waals surface area contributed by atoms with Crippen molar-refractivity contribution in [3.8, 4) is 6.07 Å². The van der Waals surface area contributed by atoms with Gasteiger partial charge < -0.3 is 21.1 Å². The van der Waals surface area contributed by atoms with Gasteiger partial charge >= 0.3 is 0 Å². The number of rotatable bonds is 5. The molecule has 11 heteroatoms. The largest absolute Gasteiger partial charge is 0.377 e. The van der Waals surface area contributed by atoms with Gasteiger partial charge in [-0.3, -0.25) is 4.79 Å². The zero-order valence-electron chi connectivity index (χ0n) is 15.4. The third-order valence-electron chi connectivity index (χ3n) is 4.96. The number of nitriles is 1. The van der Waals surface area contributed by atoms with Gasteiger partial charge in [-0.1, -0.05) is 0 Å². The zero-order chi connectivity index (χ0) is 20.6. The summed E-state index contributed by atoms with van der Waals surface area (Å²) in [4.78, 5) is 20.9. The van der Waals surface area contributed by atoms with Crippen LogP contribution in [-0.2, 0) is 10.3 Å². The van der Waals surface area contributed by atoms with E-state index in [0.29, 0.717) is 35.7 Å². The molecule has 3 aromatic heterocycles. The van der Waals surface area contributed by atoms with Crippen molar-refractivity contribution in [1.82, 2.24) is 24.9 Å². The molecule has 0 unspecified atom stereocenters. The number of nitrogens with two attached hydrogens (primary N) is 1. The quantitative estimate of drug-likeness (QED) is 0.510. The molecule has 0 aromatic carbocycles. The van der Waals surface area contributed by atoms with Crippen LogP contribution in [0.1, 0.15) is 21.7 Å². The van der Waals surface area contributed by atoms with Crippen molar-refractivity contribution in [3.63, 3.8) is 0 Å². The van der Waals surface area contributed by atoms with E-state index >= 15 is 0 Å². The fourth-order valence-electron chi connectivity index (χ4n) is 3.56. The second-order valence-corrected chi connectivity index (χ2v) is 7.56. The summed E-state index contributed by atoms with van der Waals surface area (Å²) in [7, 11) is 1.60. The minimum Gasteiger partial charge on any atom is -0.377 e. The maximum atomic E-state index is 12.1. The molecule has 1 saturated heterocycles. The third-order valence-corrected chi connectivity index (χ3v) is 5.40. The average Bonchev–Trinajstić information content (AvgIpc) is 3.31. The molecule has 0 spiro atoms. The molecule has 0 aliphatic carbocycles. The van der Waals surface area contributed by atoms with Crippen molar-refractivity contribution in [2.45, 2.75) is 11.6 Å². The molecule has 10 nitrogen and oxygen atoms in total. The standard InChI is InChI=1S/C18H17BrN8O2/c1-29-14-7-22-9-18(14,17-23-4-10(3-20)5-24-17)26-15-12(16(21)28)6-25-27-8-11(19)2-13(15)27/h2,4-6,8,14,22,26H,7,9H2,1H3,(H2,21,28)/t14-,18-/m0/s1. The highest BCUT2D eigenvalue weighted by molar-refractivity contribution is 9.10. The zero-order valence-corrected chi connectivity index (χ0v) is 17.0. The summed E-state index contributed by atoms with van der Waals surface area (Å²) < 4.78 is 8.14. The van der Waals surface area contributed by atoms with Crippen LogP contribution in [0.5, 0.6) is 0 Å². The summed E-state index contributed by atoms with van der Waals surface area (Å²) in [6, 6.07) is 3.85. The average molecular weight is 457 g/mol. The lowest BCUT2D eigenvalue weighted by Gasteiger charge is -2.34. The molecular weight excluding hydrogens is 440 g/mol. The van der Waals surface area contributed by atoms with Crippen LogP contribution >= 0.6 is 15.9 Å². The molecular formula is C18H17BrN8O2. The first-order valence-corrected chi connectivity index (χ1v) is 9.49. The van der Waals surface area contributed by atoms with Crippen LogP contribution in [-0.4, -0.2) is 51.8 Å². The van der Waals surface area contributed by atoms with Gasteiger partial charge in [0.25, 0.3) is 5.91 Å². The topological polar surface area (TPSA) is 143 Å². The van der Waals surface area contributed by atoms with Gasteiger partial charge in [-0.15, -0.1) is 0 Å². The molecule has 1 amide bonds. The monoisotopic (exact) mass is 456 g/mol. The van der Waals surface area contributed by atoms with Gasteiger partial charge in [0.15, 0.2) is 5.82 Å². The summed E-state index contributed by atoms with van der Waals surface area (Å²) >= 11 is 3.44. The van der Waals surface area contributed by atoms with E-state index in [4.69, 9.17) is 15.7 Å². The van der Waals surface area contributed by atoms with Crippen molar-refractivity contribution < 1.29 is 9.53 Å². The van der Waals surface area contributed by atoms with Crippen molar-refractivity contribution in [2.75, 3.05) is 25.5 Å². The normalized spacial score (nSPS) is 21.2. The van der Waals surface area contributed by atoms with Gasteiger partial charge in [0.05, 0.1) is 28.5 Å². The Bertz CT molecular complexity index is 1120. The van der Waals surface area contributed by atoms with Crippen molar-refractivity contribution in [1.29, 1.82) is 5.26 Å². The van der Waals surface area contributed by atoms with Crippen molar-refractivity contribution in [3.05, 3.63) is 52.3 Å². The second-order valence-electron chi connectivity index (χ2n) is 6.64. The Morgan fingerprint density at radius 2 is 2.24 bits per heavy atom. The maximum Gasteiger partial charge on any atom is 0.252 e. The number of nitrogens with zero attached hydrogens (tertiary/aromatic N) is 5. The molecule has 4 N–H and O–H groups in total. The van der Waals surface area contributed by atoms with Crippen molar-refractivity contribution in [2.24, 2.45) is 5.73 Å². The maximum absolute atomic E-state index is 12.1. The molecule has 4 heterocycles. The number of anilines is 1. The van der Waals surface area contributed by atoms with Crippen LogP contribution in [0, 0.1) is 11.3 Å². The predicted octanol–water partition coefficient (Wildman–Crippen LogP) is 0.783. The molecule has 1 aliphatic rings. The fraction of sp³-hybridized carbons (Fsp3) is 0.278. The Balaban J connectivity index is 1.91. The Morgan fingerprint density at radius 1 is 1.48 bits per heavy atom. The van der Waals surface area contributed by atoms with E-state index in [-0.39, 0.29) is 11.7 Å². The lowest BCUT2D eigenvalue weighted by atomic mass is 9.93. The van der Waals surface area contributed by atoms with Crippen LogP contribution in [0.15, 0.2) is 35.3 Å². The van der Waals surface area contributed by atoms with E-state index in [1.807, 2.05) is 12.1 Å². The predicted molar refractivity (Wildman–Crippen MR) is 107 cm³/mol. The van der Waals surface area contributed by atoms with Crippen LogP contribution in [0.2, 0.25) is 0 Å². The molecule has 0 bridgehead atoms. The van der Waals surface area contributed by atoms with Gasteiger partial charge in [-0.05, 0) is 22.0 Å². The van der Waals surface area contributed by atoms with Gasteiger partial charge in [-0.2, -0.15) is 10.4 Å². The van der Waals surface area contributed by atoms with E-state index in [1.54, 1.807) is 17.8 Å². The first-order chi connectivity index (χ1) is 14.0. The van der Waals surface area contributed by atoms with Gasteiger partial charge in [-0.25, -0.2) is 14.5 Å². The number of hydrogen-bond acceptors (Lipinski definition) is 8. The lowest BCUT2D eigenvalue weighted by molar-refractivity contribution is 0.0715. The smallest absolute Gasteiger partial charge is 0.252 e. The fourth-order valence-corrected chi connectivity index (χ4v) is 3.97. The van der Waals surface area contributed by atoms with E-state index in [1.165, 1.54) is 18.6 Å². The molecule has 1 aliphatic heterocycles. The number of nitrogens with one attached hydrogen (secondary N) is 2. The highest BCUT2D eigenvalue weighted by atomic mass is 79.9. The number of primary amides is 1. The molecule has 29 heavy (non-hydrogen) atoms. The first-order valence-electron chi connectivity index (χ1n) is 8.69. The summed E-state index contributed by atoms with van der Waals surface area (Å²) in [5.41, 5.74) is 6.46. The Kier molecular flexibility index (Phi) is 4.91. The summed E-state index contributed by atoms with van der Waals surface area (Å²) in [5, 5.41) is 20.0. The summed E-state index contributed by atoms with van der Waals surface area (Å²) in [6.07, 6.45) is 5.77. The number of halogens is 1. The van der Waals surface area contributed by atoms with E-state index in [0.717, 1.165) is 4.47 Å². The number of hydrogen-bond donors (Lipinski definition) is 3. The second kappa shape index (κ2) is 7.40. The number of methoxy groups -OCH3 is 1. The van der Waals surface area contributed by atoms with Gasteiger partial charge in [0, 0.05) is 43.3 Å². The molecule has 3 aromatic rings. The molecule has 2 atom stereocenters. The molecule has 0 saturated carbocycles. The molecule has 1 fully saturated rings. The van der Waals surface area contributed by atoms with Crippen LogP contribution in [0.25, 0.3) is 5.52 Å². The van der Waals surface area contributed by atoms with Gasteiger partial charge in [0.1, 0.15) is 17.7 Å². The van der Waals surface area contributed by atoms with Gasteiger partial charge in [0.2, 0.25) is 0 Å². The highest BCUT2D eigenvalue weighted by Crippen LogP contribution is 2.35. The van der Waals surface area contributed by atoms with Crippen LogP contribution in [0.3, 0.4) is 0 Å². The van der Waals surface area contributed by atoms with Crippen molar-refractivity contribution >= 4 is 33.0 Å². The molecule has 0 radical (unpaired) electrons. The minimum absolute atomic E-state index is 0.234. The first kappa shape index (κ1) is 19.3. The summed E-state index contributed by atoms with van der Waals surface area (Å²) in [6.45, 7) is 0.983. The number of aromatic nitrogens is 4. The SMILES string of the molecule is CO[C@H]1CNC[C@@]1(Nc1c(C(N)=O)cnn2cc(Br)cc12)c1ncc(C#N)cn1. The Morgan fingerprint density at radius 3 is 2.90 bits per heavy atom. The number of carbonyl (C=O) groups is 1. The third kappa shape index (κ3) is 3.21. The van der Waals surface area contributed by atoms with E-state index in [9.17, 15) is 4.79 Å². The Hall–Kier alpha value is -3.07. The minimum atomic E-state index is -0.897. The van der Waals surface area contributed by atoms with Crippen LogP contribution in [0.4, 0.5) is 5.69 Å². The highest BCUT2D eigenvalue weighted by Gasteiger charge is 2.48. The Labute approximate surface area is 174 Å². The summed E-state index contributed by atoms with van der Waals surface area (Å²) in [5.74, 6) is -0.181. The lowest BCUT2D eigenvalue weighted by Crippen LogP contribution is -2.49. The number of carbonyl (C=O) groups excluding carboxylic acids is 1. The van der Waals surface area contributed by atoms with E-state index < -0.39 is 11.4 Å². The van der Waals surface area contributed by atoms with Crippen LogP contribution < -0.4 is 16.4 Å².